The van der Waals surface area contributed by atoms with Crippen LogP contribution >= 0.6 is 0 Å². The highest BCUT2D eigenvalue weighted by atomic mass is 19.1. The van der Waals surface area contributed by atoms with Gasteiger partial charge in [-0.05, 0) is 35.9 Å². The second-order valence-corrected chi connectivity index (χ2v) is 9.33. The molecule has 3 aliphatic heterocycles. The summed E-state index contributed by atoms with van der Waals surface area (Å²) >= 11 is 0. The van der Waals surface area contributed by atoms with Gasteiger partial charge in [-0.25, -0.2) is 9.29 Å². The Hall–Kier alpha value is -4.66. The van der Waals surface area contributed by atoms with E-state index in [-0.39, 0.29) is 5.69 Å². The number of fused-ring (bicyclic) bond motifs is 5. The van der Waals surface area contributed by atoms with E-state index in [1.54, 1.807) is 24.3 Å². The number of carbonyl (C=O) groups is 3. The standard InChI is InChI=1S/C29H24FN3O5/c1-37-17-12-14-23(38-2)19(15-17)31-27(34)26-25-24(22-13-11-16-7-3-5-9-20(16)32(22)26)28(35)33(29(25)36)21-10-6-4-8-18(21)30/h3-15,22,24-26H,1-2H3,(H,31,34)/t22-,24-,25-,26+/m1/s1. The molecule has 0 aromatic heterocycles. The maximum atomic E-state index is 14.7. The molecule has 2 fully saturated rings. The Morgan fingerprint density at radius 3 is 2.34 bits per heavy atom. The average molecular weight is 514 g/mol. The number of nitrogens with zero attached hydrogens (tertiary/aromatic N) is 2. The summed E-state index contributed by atoms with van der Waals surface area (Å²) in [5, 5.41) is 2.89. The minimum atomic E-state index is -1.04. The van der Waals surface area contributed by atoms with E-state index in [0.717, 1.165) is 16.2 Å². The topological polar surface area (TPSA) is 88.2 Å². The van der Waals surface area contributed by atoms with Gasteiger partial charge in [0.25, 0.3) is 0 Å². The van der Waals surface area contributed by atoms with Crippen molar-refractivity contribution >= 4 is 40.9 Å². The van der Waals surface area contributed by atoms with Crippen molar-refractivity contribution in [3.8, 4) is 11.5 Å². The second-order valence-electron chi connectivity index (χ2n) is 9.33. The van der Waals surface area contributed by atoms with Crippen molar-refractivity contribution in [2.24, 2.45) is 11.8 Å². The summed E-state index contributed by atoms with van der Waals surface area (Å²) in [5.41, 5.74) is 1.86. The first-order chi connectivity index (χ1) is 18.4. The molecular formula is C29H24FN3O5. The van der Waals surface area contributed by atoms with Crippen LogP contribution in [0.2, 0.25) is 0 Å². The maximum Gasteiger partial charge on any atom is 0.248 e. The van der Waals surface area contributed by atoms with Gasteiger partial charge in [0.15, 0.2) is 0 Å². The molecule has 2 saturated heterocycles. The quantitative estimate of drug-likeness (QED) is 0.522. The fraction of sp³-hybridized carbons (Fsp3) is 0.207. The molecule has 3 aliphatic rings. The molecule has 8 nitrogen and oxygen atoms in total. The van der Waals surface area contributed by atoms with E-state index < -0.39 is 47.5 Å². The molecule has 0 unspecified atom stereocenters. The number of para-hydroxylation sites is 2. The van der Waals surface area contributed by atoms with Crippen molar-refractivity contribution in [2.75, 3.05) is 29.3 Å². The molecule has 3 aromatic carbocycles. The number of benzene rings is 3. The predicted octanol–water partition coefficient (Wildman–Crippen LogP) is 3.87. The first-order valence-corrected chi connectivity index (χ1v) is 12.2. The minimum Gasteiger partial charge on any atom is -0.497 e. The molecule has 3 aromatic rings. The number of methoxy groups -OCH3 is 2. The van der Waals surface area contributed by atoms with E-state index in [1.165, 1.54) is 32.4 Å². The van der Waals surface area contributed by atoms with Gasteiger partial charge < -0.3 is 19.7 Å². The number of amides is 3. The van der Waals surface area contributed by atoms with Crippen LogP contribution in [0.3, 0.4) is 0 Å². The molecule has 38 heavy (non-hydrogen) atoms. The van der Waals surface area contributed by atoms with Crippen LogP contribution in [-0.4, -0.2) is 44.0 Å². The van der Waals surface area contributed by atoms with Crippen molar-refractivity contribution in [3.05, 3.63) is 84.2 Å². The van der Waals surface area contributed by atoms with Crippen LogP contribution in [0.4, 0.5) is 21.5 Å². The Balaban J connectivity index is 1.45. The van der Waals surface area contributed by atoms with Crippen molar-refractivity contribution in [1.29, 1.82) is 0 Å². The monoisotopic (exact) mass is 513 g/mol. The third-order valence-corrected chi connectivity index (χ3v) is 7.44. The van der Waals surface area contributed by atoms with E-state index in [0.29, 0.717) is 17.2 Å². The van der Waals surface area contributed by atoms with Crippen LogP contribution in [-0.2, 0) is 14.4 Å². The first kappa shape index (κ1) is 23.7. The van der Waals surface area contributed by atoms with Crippen LogP contribution in [0.25, 0.3) is 6.08 Å². The van der Waals surface area contributed by atoms with Gasteiger partial charge in [0, 0.05) is 11.8 Å². The molecule has 0 radical (unpaired) electrons. The lowest BCUT2D eigenvalue weighted by atomic mass is 9.88. The van der Waals surface area contributed by atoms with Gasteiger partial charge in [-0.1, -0.05) is 42.5 Å². The van der Waals surface area contributed by atoms with E-state index in [2.05, 4.69) is 5.32 Å². The minimum absolute atomic E-state index is 0.114. The van der Waals surface area contributed by atoms with Gasteiger partial charge >= 0.3 is 0 Å². The van der Waals surface area contributed by atoms with Gasteiger partial charge in [0.05, 0.1) is 43.5 Å². The Kier molecular flexibility index (Phi) is 5.63. The summed E-state index contributed by atoms with van der Waals surface area (Å²) in [6.07, 6.45) is 3.73. The van der Waals surface area contributed by atoms with E-state index >= 15 is 0 Å². The Morgan fingerprint density at radius 1 is 0.895 bits per heavy atom. The molecular weight excluding hydrogens is 489 g/mol. The van der Waals surface area contributed by atoms with Gasteiger partial charge in [-0.2, -0.15) is 0 Å². The van der Waals surface area contributed by atoms with Crippen LogP contribution in [0, 0.1) is 17.7 Å². The lowest BCUT2D eigenvalue weighted by Gasteiger charge is -2.36. The van der Waals surface area contributed by atoms with Crippen molar-refractivity contribution in [3.63, 3.8) is 0 Å². The molecule has 9 heteroatoms. The highest BCUT2D eigenvalue weighted by Crippen LogP contribution is 2.49. The summed E-state index contributed by atoms with van der Waals surface area (Å²) < 4.78 is 25.4. The zero-order valence-corrected chi connectivity index (χ0v) is 20.6. The zero-order chi connectivity index (χ0) is 26.6. The summed E-state index contributed by atoms with van der Waals surface area (Å²) in [7, 11) is 2.99. The zero-order valence-electron chi connectivity index (χ0n) is 20.6. The Morgan fingerprint density at radius 2 is 1.61 bits per heavy atom. The summed E-state index contributed by atoms with van der Waals surface area (Å²) in [5.74, 6) is -3.29. The highest BCUT2D eigenvalue weighted by Gasteiger charge is 2.64. The van der Waals surface area contributed by atoms with Gasteiger partial charge in [0.1, 0.15) is 23.4 Å². The number of imide groups is 1. The number of carbonyl (C=O) groups excluding carboxylic acids is 3. The Bertz CT molecular complexity index is 1510. The van der Waals surface area contributed by atoms with Crippen LogP contribution in [0.15, 0.2) is 72.8 Å². The van der Waals surface area contributed by atoms with E-state index in [4.69, 9.17) is 9.47 Å². The number of ether oxygens (including phenoxy) is 2. The molecule has 3 heterocycles. The largest absolute Gasteiger partial charge is 0.497 e. The summed E-state index contributed by atoms with van der Waals surface area (Å²) in [6, 6.07) is 16.5. The lowest BCUT2D eigenvalue weighted by Crippen LogP contribution is -2.50. The lowest BCUT2D eigenvalue weighted by molar-refractivity contribution is -0.126. The highest BCUT2D eigenvalue weighted by molar-refractivity contribution is 6.25. The molecule has 192 valence electrons. The van der Waals surface area contributed by atoms with Gasteiger partial charge in [-0.3, -0.25) is 14.4 Å². The van der Waals surface area contributed by atoms with Gasteiger partial charge in [-0.15, -0.1) is 0 Å². The van der Waals surface area contributed by atoms with Crippen molar-refractivity contribution in [2.45, 2.75) is 12.1 Å². The molecule has 3 amide bonds. The summed E-state index contributed by atoms with van der Waals surface area (Å²) in [6.45, 7) is 0. The SMILES string of the molecule is COc1ccc(OC)c(NC(=O)[C@@H]2[C@@H]3C(=O)N(c4ccccc4F)C(=O)[C@@H]3[C@H]3C=Cc4ccccc4N32)c1. The number of halogens is 1. The number of anilines is 3. The molecule has 1 N–H and O–H groups in total. The molecule has 0 saturated carbocycles. The van der Waals surface area contributed by atoms with E-state index in [9.17, 15) is 18.8 Å². The molecule has 0 aliphatic carbocycles. The predicted molar refractivity (Wildman–Crippen MR) is 140 cm³/mol. The molecule has 0 bridgehead atoms. The van der Waals surface area contributed by atoms with Crippen molar-refractivity contribution < 1.29 is 28.2 Å². The Labute approximate surface area is 218 Å². The molecule has 6 rings (SSSR count). The number of hydrogen-bond acceptors (Lipinski definition) is 6. The summed E-state index contributed by atoms with van der Waals surface area (Å²) in [4.78, 5) is 44.3. The smallest absolute Gasteiger partial charge is 0.248 e. The first-order valence-electron chi connectivity index (χ1n) is 12.2. The average Bonchev–Trinajstić information content (AvgIpc) is 3.41. The van der Waals surface area contributed by atoms with E-state index in [1.807, 2.05) is 41.3 Å². The number of nitrogens with one attached hydrogen (secondary N) is 1. The second kappa shape index (κ2) is 9.02. The third-order valence-electron chi connectivity index (χ3n) is 7.44. The third kappa shape index (κ3) is 3.46. The fourth-order valence-corrected chi connectivity index (χ4v) is 5.80. The number of hydrogen-bond donors (Lipinski definition) is 1. The van der Waals surface area contributed by atoms with Crippen LogP contribution in [0.5, 0.6) is 11.5 Å². The van der Waals surface area contributed by atoms with Crippen LogP contribution in [0.1, 0.15) is 5.56 Å². The van der Waals surface area contributed by atoms with Crippen molar-refractivity contribution in [1.82, 2.24) is 0 Å². The maximum absolute atomic E-state index is 14.7. The number of rotatable bonds is 5. The van der Waals surface area contributed by atoms with Gasteiger partial charge in [0.2, 0.25) is 17.7 Å². The normalized spacial score (nSPS) is 23.1. The fourth-order valence-electron chi connectivity index (χ4n) is 5.80. The van der Waals surface area contributed by atoms with Crippen LogP contribution < -0.4 is 24.6 Å². The molecule has 0 spiro atoms. The molecule has 4 atom stereocenters.